The smallest absolute Gasteiger partial charge is 0.212 e. The van der Waals surface area contributed by atoms with Crippen LogP contribution in [0.2, 0.25) is 0 Å². The predicted molar refractivity (Wildman–Crippen MR) is 57.1 cm³/mol. The van der Waals surface area contributed by atoms with E-state index in [-0.39, 0.29) is 0 Å². The third-order valence-corrected chi connectivity index (χ3v) is 3.24. The molecule has 1 aromatic heterocycles. The number of rotatable bonds is 4. The Bertz CT molecular complexity index is 413. The Labute approximate surface area is 89.7 Å². The lowest BCUT2D eigenvalue weighted by Crippen LogP contribution is -2.24. The first kappa shape index (κ1) is 11.9. The summed E-state index contributed by atoms with van der Waals surface area (Å²) in [4.78, 5) is 3.99. The van der Waals surface area contributed by atoms with E-state index in [9.17, 15) is 8.42 Å². The Morgan fingerprint density at radius 3 is 2.53 bits per heavy atom. The van der Waals surface area contributed by atoms with E-state index in [2.05, 4.69) is 4.98 Å². The molecule has 1 rings (SSSR count). The summed E-state index contributed by atoms with van der Waals surface area (Å²) < 4.78 is 28.4. The highest BCUT2D eigenvalue weighted by molar-refractivity contribution is 7.88. The minimum absolute atomic E-state index is 0.315. The van der Waals surface area contributed by atoms with Crippen LogP contribution in [0.3, 0.4) is 0 Å². The zero-order valence-electron chi connectivity index (χ0n) is 8.97. The molecular weight excluding hydrogens is 216 g/mol. The van der Waals surface area contributed by atoms with E-state index in [1.807, 2.05) is 0 Å². The predicted octanol–water partition coefficient (Wildman–Crippen LogP) is 0.482. The van der Waals surface area contributed by atoms with Crippen LogP contribution in [0.5, 0.6) is 5.88 Å². The number of hydrogen-bond acceptors (Lipinski definition) is 4. The van der Waals surface area contributed by atoms with Crippen LogP contribution >= 0.6 is 0 Å². The molecule has 5 nitrogen and oxygen atoms in total. The summed E-state index contributed by atoms with van der Waals surface area (Å²) >= 11 is 0. The molecule has 1 aromatic rings. The van der Waals surface area contributed by atoms with Crippen molar-refractivity contribution in [1.82, 2.24) is 9.29 Å². The Morgan fingerprint density at radius 1 is 1.47 bits per heavy atom. The van der Waals surface area contributed by atoms with Crippen LogP contribution in [0.15, 0.2) is 18.3 Å². The van der Waals surface area contributed by atoms with E-state index in [1.165, 1.54) is 24.7 Å². The van der Waals surface area contributed by atoms with Gasteiger partial charge in [-0.05, 0) is 5.56 Å². The van der Waals surface area contributed by atoms with Crippen molar-refractivity contribution in [3.8, 4) is 5.88 Å². The van der Waals surface area contributed by atoms with E-state index in [0.717, 1.165) is 5.56 Å². The van der Waals surface area contributed by atoms with Gasteiger partial charge in [-0.1, -0.05) is 6.07 Å². The van der Waals surface area contributed by atoms with Crippen LogP contribution in [0.1, 0.15) is 5.56 Å². The summed E-state index contributed by atoms with van der Waals surface area (Å²) in [5.41, 5.74) is 0.823. The second-order valence-corrected chi connectivity index (χ2v) is 5.32. The van der Waals surface area contributed by atoms with Crippen molar-refractivity contribution in [2.45, 2.75) is 6.54 Å². The first-order valence-electron chi connectivity index (χ1n) is 4.33. The summed E-state index contributed by atoms with van der Waals surface area (Å²) in [5, 5.41) is 0. The molecule has 0 aliphatic carbocycles. The molecule has 0 amide bonds. The van der Waals surface area contributed by atoms with E-state index in [0.29, 0.717) is 12.4 Å². The average molecular weight is 230 g/mol. The lowest BCUT2D eigenvalue weighted by atomic mass is 10.3. The molecule has 0 fully saturated rings. The topological polar surface area (TPSA) is 59.5 Å². The quantitative estimate of drug-likeness (QED) is 0.755. The third-order valence-electron chi connectivity index (χ3n) is 1.98. The summed E-state index contributed by atoms with van der Waals surface area (Å²) in [6, 6.07) is 3.49. The highest BCUT2D eigenvalue weighted by Gasteiger charge is 2.11. The monoisotopic (exact) mass is 230 g/mol. The summed E-state index contributed by atoms with van der Waals surface area (Å²) in [6.45, 7) is 0.315. The van der Waals surface area contributed by atoms with Crippen LogP contribution in [0.25, 0.3) is 0 Å². The van der Waals surface area contributed by atoms with Gasteiger partial charge in [0.05, 0.1) is 13.4 Å². The van der Waals surface area contributed by atoms with Gasteiger partial charge in [-0.3, -0.25) is 0 Å². The van der Waals surface area contributed by atoms with Gasteiger partial charge in [0, 0.05) is 25.9 Å². The van der Waals surface area contributed by atoms with Crippen molar-refractivity contribution < 1.29 is 13.2 Å². The van der Waals surface area contributed by atoms with Crippen molar-refractivity contribution in [3.63, 3.8) is 0 Å². The van der Waals surface area contributed by atoms with Gasteiger partial charge in [0.25, 0.3) is 0 Å². The molecule has 0 saturated carbocycles. The maximum Gasteiger partial charge on any atom is 0.212 e. The van der Waals surface area contributed by atoms with E-state index in [1.54, 1.807) is 18.3 Å². The van der Waals surface area contributed by atoms with Crippen molar-refractivity contribution in [2.75, 3.05) is 20.4 Å². The number of methoxy groups -OCH3 is 1. The lowest BCUT2D eigenvalue weighted by molar-refractivity contribution is 0.397. The molecule has 0 aromatic carbocycles. The van der Waals surface area contributed by atoms with Gasteiger partial charge in [-0.25, -0.2) is 17.7 Å². The molecular formula is C9H14N2O3S. The molecule has 1 heterocycles. The molecule has 84 valence electrons. The zero-order valence-corrected chi connectivity index (χ0v) is 9.78. The van der Waals surface area contributed by atoms with Gasteiger partial charge in [0.1, 0.15) is 0 Å². The number of aromatic nitrogens is 1. The molecule has 0 aliphatic heterocycles. The molecule has 0 saturated heterocycles. The van der Waals surface area contributed by atoms with Crippen LogP contribution in [0, 0.1) is 0 Å². The second-order valence-electron chi connectivity index (χ2n) is 3.23. The van der Waals surface area contributed by atoms with Crippen molar-refractivity contribution in [2.24, 2.45) is 0 Å². The van der Waals surface area contributed by atoms with Crippen LogP contribution in [-0.4, -0.2) is 38.1 Å². The molecule has 0 bridgehead atoms. The van der Waals surface area contributed by atoms with Gasteiger partial charge >= 0.3 is 0 Å². The molecule has 0 spiro atoms. The Morgan fingerprint density at radius 2 is 2.13 bits per heavy atom. The molecule has 0 atom stereocenters. The fraction of sp³-hybridized carbons (Fsp3) is 0.444. The summed E-state index contributed by atoms with van der Waals surface area (Å²) in [7, 11) is -0.0827. The highest BCUT2D eigenvalue weighted by atomic mass is 32.2. The number of sulfonamides is 1. The SMILES string of the molecule is COc1ccc(CN(C)S(C)(=O)=O)cn1. The molecule has 0 N–H and O–H groups in total. The molecule has 0 unspecified atom stereocenters. The fourth-order valence-corrected chi connectivity index (χ4v) is 1.38. The molecule has 6 heteroatoms. The molecule has 15 heavy (non-hydrogen) atoms. The Kier molecular flexibility index (Phi) is 3.65. The normalized spacial score (nSPS) is 11.7. The number of ether oxygens (including phenoxy) is 1. The minimum atomic E-state index is -3.14. The maximum atomic E-state index is 11.1. The van der Waals surface area contributed by atoms with Crippen molar-refractivity contribution >= 4 is 10.0 Å². The number of hydrogen-bond donors (Lipinski definition) is 0. The van der Waals surface area contributed by atoms with Gasteiger partial charge < -0.3 is 4.74 Å². The third kappa shape index (κ3) is 3.49. The number of pyridine rings is 1. The largest absolute Gasteiger partial charge is 0.481 e. The maximum absolute atomic E-state index is 11.1. The standard InChI is InChI=1S/C9H14N2O3S/c1-11(15(3,12)13)7-8-4-5-9(14-2)10-6-8/h4-6H,7H2,1-3H3. The highest BCUT2D eigenvalue weighted by Crippen LogP contribution is 2.09. The molecule has 0 radical (unpaired) electrons. The van der Waals surface area contributed by atoms with E-state index >= 15 is 0 Å². The van der Waals surface area contributed by atoms with Gasteiger partial charge in [-0.2, -0.15) is 0 Å². The first-order valence-corrected chi connectivity index (χ1v) is 6.18. The molecule has 0 aliphatic rings. The lowest BCUT2D eigenvalue weighted by Gasteiger charge is -2.13. The van der Waals surface area contributed by atoms with E-state index in [4.69, 9.17) is 4.74 Å². The van der Waals surface area contributed by atoms with Crippen LogP contribution < -0.4 is 4.74 Å². The van der Waals surface area contributed by atoms with E-state index < -0.39 is 10.0 Å². The first-order chi connectivity index (χ1) is 6.93. The summed E-state index contributed by atoms with van der Waals surface area (Å²) in [5.74, 6) is 0.515. The average Bonchev–Trinajstić information content (AvgIpc) is 2.17. The van der Waals surface area contributed by atoms with Crippen LogP contribution in [0.4, 0.5) is 0 Å². The fourth-order valence-electron chi connectivity index (χ4n) is 1.000. The Hall–Kier alpha value is -1.14. The number of nitrogens with zero attached hydrogens (tertiary/aromatic N) is 2. The van der Waals surface area contributed by atoms with Crippen LogP contribution in [-0.2, 0) is 16.6 Å². The van der Waals surface area contributed by atoms with Gasteiger partial charge in [0.15, 0.2) is 0 Å². The van der Waals surface area contributed by atoms with Crippen molar-refractivity contribution in [1.29, 1.82) is 0 Å². The zero-order chi connectivity index (χ0) is 11.5. The van der Waals surface area contributed by atoms with Crippen molar-refractivity contribution in [3.05, 3.63) is 23.9 Å². The van der Waals surface area contributed by atoms with Gasteiger partial charge in [0.2, 0.25) is 15.9 Å². The summed E-state index contributed by atoms with van der Waals surface area (Å²) in [6.07, 6.45) is 2.77. The van der Waals surface area contributed by atoms with Gasteiger partial charge in [-0.15, -0.1) is 0 Å². The Balaban J connectivity index is 2.74. The minimum Gasteiger partial charge on any atom is -0.481 e. The second kappa shape index (κ2) is 4.59.